The third-order valence-electron chi connectivity index (χ3n) is 6.16. The molecule has 1 amide bonds. The lowest BCUT2D eigenvalue weighted by atomic mass is 9.88. The molecule has 32 heavy (non-hydrogen) atoms. The van der Waals surface area contributed by atoms with E-state index in [4.69, 9.17) is 16.9 Å². The minimum absolute atomic E-state index is 0.0308. The van der Waals surface area contributed by atoms with Crippen LogP contribution in [0, 0.1) is 5.41 Å². The number of rotatable bonds is 7. The normalized spacial score (nSPS) is 20.0. The number of hydrogen-bond donors (Lipinski definition) is 4. The van der Waals surface area contributed by atoms with Crippen LogP contribution in [0.4, 0.5) is 0 Å². The summed E-state index contributed by atoms with van der Waals surface area (Å²) < 4.78 is 27.2. The Hall–Kier alpha value is -3.49. The Morgan fingerprint density at radius 2 is 1.72 bits per heavy atom. The van der Waals surface area contributed by atoms with Crippen LogP contribution in [-0.4, -0.2) is 27.2 Å². The van der Waals surface area contributed by atoms with E-state index in [-0.39, 0.29) is 16.6 Å². The van der Waals surface area contributed by atoms with Crippen LogP contribution in [-0.2, 0) is 20.2 Å². The molecular formula is C24H24N4O3S. The van der Waals surface area contributed by atoms with Crippen LogP contribution in [0.1, 0.15) is 29.0 Å². The first kappa shape index (κ1) is 21.7. The zero-order chi connectivity index (χ0) is 23.1. The van der Waals surface area contributed by atoms with Crippen molar-refractivity contribution in [3.8, 4) is 11.1 Å². The molecule has 0 bridgehead atoms. The number of sulfonamides is 1. The molecular weight excluding hydrogens is 424 g/mol. The van der Waals surface area contributed by atoms with Gasteiger partial charge in [0, 0.05) is 17.0 Å². The van der Waals surface area contributed by atoms with Crippen molar-refractivity contribution in [2.45, 2.75) is 22.6 Å². The van der Waals surface area contributed by atoms with Crippen molar-refractivity contribution in [2.24, 2.45) is 11.5 Å². The Balaban J connectivity index is 1.71. The number of amides is 1. The first-order chi connectivity index (χ1) is 15.2. The highest BCUT2D eigenvalue weighted by atomic mass is 32.2. The maximum Gasteiger partial charge on any atom is 0.240 e. The first-order valence-electron chi connectivity index (χ1n) is 10.1. The number of nitrogen functional groups attached to an aromatic ring is 1. The number of nitrogens with one attached hydrogen (secondary N) is 2. The molecule has 0 heterocycles. The molecule has 164 valence electrons. The van der Waals surface area contributed by atoms with Gasteiger partial charge in [-0.25, -0.2) is 13.1 Å². The van der Waals surface area contributed by atoms with E-state index in [2.05, 4.69) is 4.72 Å². The molecule has 1 fully saturated rings. The fraction of sp³-hybridized carbons (Fsp3) is 0.167. The molecule has 0 spiro atoms. The Morgan fingerprint density at radius 1 is 1.03 bits per heavy atom. The number of carbonyl (C=O) groups excluding carboxylic acids is 1. The van der Waals surface area contributed by atoms with Gasteiger partial charge >= 0.3 is 0 Å². The molecule has 2 unspecified atom stereocenters. The van der Waals surface area contributed by atoms with Crippen molar-refractivity contribution in [3.05, 3.63) is 89.5 Å². The number of primary amides is 1. The lowest BCUT2D eigenvalue weighted by molar-refractivity contribution is -0.120. The molecule has 3 aromatic rings. The van der Waals surface area contributed by atoms with Gasteiger partial charge in [-0.1, -0.05) is 60.7 Å². The van der Waals surface area contributed by atoms with E-state index in [1.807, 2.05) is 42.5 Å². The zero-order valence-corrected chi connectivity index (χ0v) is 18.3. The molecule has 0 aliphatic heterocycles. The van der Waals surface area contributed by atoms with Crippen LogP contribution >= 0.6 is 0 Å². The van der Waals surface area contributed by atoms with Gasteiger partial charge in [-0.2, -0.15) is 0 Å². The Kier molecular flexibility index (Phi) is 5.36. The van der Waals surface area contributed by atoms with Gasteiger partial charge in [-0.05, 0) is 42.3 Å². The maximum absolute atomic E-state index is 12.5. The summed E-state index contributed by atoms with van der Waals surface area (Å²) in [4.78, 5) is 12.7. The molecule has 3 aromatic carbocycles. The number of hydrogen-bond acceptors (Lipinski definition) is 4. The second kappa shape index (κ2) is 7.89. The van der Waals surface area contributed by atoms with Gasteiger partial charge in [-0.15, -0.1) is 0 Å². The summed E-state index contributed by atoms with van der Waals surface area (Å²) in [6.07, 6.45) is 0.563. The average molecular weight is 449 g/mol. The number of carbonyl (C=O) groups is 1. The van der Waals surface area contributed by atoms with Crippen molar-refractivity contribution < 1.29 is 13.2 Å². The topological polar surface area (TPSA) is 139 Å². The monoisotopic (exact) mass is 448 g/mol. The highest BCUT2D eigenvalue weighted by molar-refractivity contribution is 7.89. The van der Waals surface area contributed by atoms with Gasteiger partial charge < -0.3 is 11.5 Å². The average Bonchev–Trinajstić information content (AvgIpc) is 3.57. The molecule has 1 aliphatic carbocycles. The summed E-state index contributed by atoms with van der Waals surface area (Å²) in [6, 6.07) is 21.3. The standard InChI is InChI=1S/C24H24N4O3S/c1-28-32(30,31)21-8-3-2-7-19(21)15-9-11-18(12-10-15)24(23(27)29)14-20(24)16-5-4-6-17(13-16)22(25)26/h2-13,20,28H,14H2,1H3,(H3,25,26)(H2,27,29). The molecule has 0 saturated heterocycles. The summed E-state index contributed by atoms with van der Waals surface area (Å²) in [7, 11) is -2.25. The quantitative estimate of drug-likeness (QED) is 0.326. The predicted octanol–water partition coefficient (Wildman–Crippen LogP) is 2.46. The highest BCUT2D eigenvalue weighted by Gasteiger charge is 2.60. The van der Waals surface area contributed by atoms with Crippen LogP contribution in [0.2, 0.25) is 0 Å². The van der Waals surface area contributed by atoms with Crippen LogP contribution in [0.15, 0.2) is 77.7 Å². The molecule has 6 N–H and O–H groups in total. The van der Waals surface area contributed by atoms with E-state index >= 15 is 0 Å². The molecule has 1 aliphatic rings. The molecule has 7 nitrogen and oxygen atoms in total. The van der Waals surface area contributed by atoms with E-state index in [9.17, 15) is 13.2 Å². The molecule has 4 rings (SSSR count). The molecule has 0 radical (unpaired) electrons. The second-order valence-corrected chi connectivity index (χ2v) is 9.77. The van der Waals surface area contributed by atoms with Gasteiger partial charge in [-0.3, -0.25) is 10.2 Å². The minimum atomic E-state index is -3.62. The number of benzene rings is 3. The largest absolute Gasteiger partial charge is 0.384 e. The summed E-state index contributed by atoms with van der Waals surface area (Å²) in [5.74, 6) is -0.555. The van der Waals surface area contributed by atoms with E-state index in [0.29, 0.717) is 17.5 Å². The number of amidine groups is 1. The lowest BCUT2D eigenvalue weighted by Gasteiger charge is -2.16. The van der Waals surface area contributed by atoms with E-state index < -0.39 is 21.3 Å². The molecule has 0 aromatic heterocycles. The van der Waals surface area contributed by atoms with Gasteiger partial charge in [0.1, 0.15) is 5.84 Å². The van der Waals surface area contributed by atoms with Gasteiger partial charge in [0.15, 0.2) is 0 Å². The van der Waals surface area contributed by atoms with Crippen molar-refractivity contribution in [3.63, 3.8) is 0 Å². The van der Waals surface area contributed by atoms with Crippen molar-refractivity contribution in [2.75, 3.05) is 7.05 Å². The van der Waals surface area contributed by atoms with Gasteiger partial charge in [0.25, 0.3) is 0 Å². The summed E-state index contributed by atoms with van der Waals surface area (Å²) in [5, 5.41) is 7.66. The highest BCUT2D eigenvalue weighted by Crippen LogP contribution is 2.60. The fourth-order valence-corrected chi connectivity index (χ4v) is 5.27. The first-order valence-corrected chi connectivity index (χ1v) is 11.6. The van der Waals surface area contributed by atoms with Crippen LogP contribution < -0.4 is 16.2 Å². The van der Waals surface area contributed by atoms with E-state index in [1.54, 1.807) is 30.3 Å². The van der Waals surface area contributed by atoms with Crippen molar-refractivity contribution >= 4 is 21.8 Å². The third kappa shape index (κ3) is 3.57. The van der Waals surface area contributed by atoms with Crippen LogP contribution in [0.3, 0.4) is 0 Å². The second-order valence-electron chi connectivity index (χ2n) is 7.91. The van der Waals surface area contributed by atoms with E-state index in [1.165, 1.54) is 7.05 Å². The molecule has 1 saturated carbocycles. The molecule has 2 atom stereocenters. The minimum Gasteiger partial charge on any atom is -0.384 e. The fourth-order valence-electron chi connectivity index (χ4n) is 4.32. The third-order valence-corrected chi connectivity index (χ3v) is 7.63. The summed E-state index contributed by atoms with van der Waals surface area (Å²) in [5.41, 5.74) is 14.2. The van der Waals surface area contributed by atoms with Crippen LogP contribution in [0.25, 0.3) is 11.1 Å². The van der Waals surface area contributed by atoms with Crippen molar-refractivity contribution in [1.82, 2.24) is 4.72 Å². The summed E-state index contributed by atoms with van der Waals surface area (Å²) >= 11 is 0. The van der Waals surface area contributed by atoms with Crippen LogP contribution in [0.5, 0.6) is 0 Å². The van der Waals surface area contributed by atoms with E-state index in [0.717, 1.165) is 16.7 Å². The Morgan fingerprint density at radius 3 is 2.34 bits per heavy atom. The Bertz CT molecular complexity index is 1320. The summed E-state index contributed by atoms with van der Waals surface area (Å²) in [6.45, 7) is 0. The van der Waals surface area contributed by atoms with Gasteiger partial charge in [0.2, 0.25) is 15.9 Å². The smallest absolute Gasteiger partial charge is 0.240 e. The maximum atomic E-state index is 12.5. The number of nitrogens with two attached hydrogens (primary N) is 2. The lowest BCUT2D eigenvalue weighted by Crippen LogP contribution is -2.30. The zero-order valence-electron chi connectivity index (χ0n) is 17.5. The SMILES string of the molecule is CNS(=O)(=O)c1ccccc1-c1ccc(C2(C(N)=O)CC2c2cccc(C(=N)N)c2)cc1. The van der Waals surface area contributed by atoms with Crippen molar-refractivity contribution in [1.29, 1.82) is 5.41 Å². The Labute approximate surface area is 187 Å². The predicted molar refractivity (Wildman–Crippen MR) is 124 cm³/mol. The molecule has 8 heteroatoms. The van der Waals surface area contributed by atoms with Gasteiger partial charge in [0.05, 0.1) is 10.3 Å².